The Morgan fingerprint density at radius 1 is 1.43 bits per heavy atom. The van der Waals surface area contributed by atoms with Crippen molar-refractivity contribution in [3.63, 3.8) is 0 Å². The molecule has 1 atom stereocenters. The highest BCUT2D eigenvalue weighted by molar-refractivity contribution is 5.85. The third kappa shape index (κ3) is 4.15. The average Bonchev–Trinajstić information content (AvgIpc) is 2.47. The number of amides is 1. The summed E-state index contributed by atoms with van der Waals surface area (Å²) < 4.78 is 18.6. The van der Waals surface area contributed by atoms with Crippen LogP contribution in [0.4, 0.5) is 4.39 Å². The number of carbonyl (C=O) groups is 1. The van der Waals surface area contributed by atoms with Gasteiger partial charge in [0.25, 0.3) is 0 Å². The maximum atomic E-state index is 12.9. The van der Waals surface area contributed by atoms with Gasteiger partial charge >= 0.3 is 0 Å². The highest BCUT2D eigenvalue weighted by atomic mass is 35.5. The molecular weight excluding hydrogens is 295 g/mol. The highest BCUT2D eigenvalue weighted by Crippen LogP contribution is 2.26. The van der Waals surface area contributed by atoms with E-state index in [0.29, 0.717) is 26.2 Å². The van der Waals surface area contributed by atoms with E-state index in [1.165, 1.54) is 12.1 Å². The number of halogens is 2. The van der Waals surface area contributed by atoms with Crippen LogP contribution in [0.2, 0.25) is 0 Å². The number of nitrogens with two attached hydrogens (primary N) is 1. The van der Waals surface area contributed by atoms with E-state index in [2.05, 4.69) is 0 Å². The predicted octanol–water partition coefficient (Wildman–Crippen LogP) is 2.13. The van der Waals surface area contributed by atoms with E-state index in [1.54, 1.807) is 17.0 Å². The summed E-state index contributed by atoms with van der Waals surface area (Å²) in [7, 11) is 0. The molecule has 1 unspecified atom stereocenters. The largest absolute Gasteiger partial charge is 0.370 e. The average molecular weight is 317 g/mol. The molecule has 1 saturated heterocycles. The van der Waals surface area contributed by atoms with Gasteiger partial charge in [-0.2, -0.15) is 0 Å². The lowest BCUT2D eigenvalue weighted by molar-refractivity contribution is -0.147. The summed E-state index contributed by atoms with van der Waals surface area (Å²) in [4.78, 5) is 14.2. The molecule has 118 valence electrons. The molecule has 1 aromatic carbocycles. The van der Waals surface area contributed by atoms with E-state index in [4.69, 9.17) is 10.5 Å². The molecule has 0 spiro atoms. The fourth-order valence-electron chi connectivity index (χ4n) is 2.23. The fourth-order valence-corrected chi connectivity index (χ4v) is 2.23. The lowest BCUT2D eigenvalue weighted by Crippen LogP contribution is -2.49. The van der Waals surface area contributed by atoms with Gasteiger partial charge in [-0.3, -0.25) is 4.79 Å². The molecule has 1 fully saturated rings. The zero-order chi connectivity index (χ0) is 14.8. The molecule has 6 heteroatoms. The molecule has 2 rings (SSSR count). The van der Waals surface area contributed by atoms with E-state index >= 15 is 0 Å². The van der Waals surface area contributed by atoms with Crippen molar-refractivity contribution in [3.8, 4) is 0 Å². The molecule has 1 amide bonds. The van der Waals surface area contributed by atoms with Crippen LogP contribution in [0.5, 0.6) is 0 Å². The van der Waals surface area contributed by atoms with Crippen molar-refractivity contribution >= 4 is 18.3 Å². The van der Waals surface area contributed by atoms with E-state index in [0.717, 1.165) is 5.56 Å². The number of benzene rings is 1. The Balaban J connectivity index is 0.00000220. The Bertz CT molecular complexity index is 479. The summed E-state index contributed by atoms with van der Waals surface area (Å²) in [6, 6.07) is 6.21. The SMILES string of the molecule is CC(C)(CN)C(=O)N1CCOC(c2ccc(F)cc2)C1.Cl. The molecule has 0 saturated carbocycles. The van der Waals surface area contributed by atoms with Crippen molar-refractivity contribution in [3.05, 3.63) is 35.6 Å². The number of nitrogens with zero attached hydrogens (tertiary/aromatic N) is 1. The van der Waals surface area contributed by atoms with Crippen molar-refractivity contribution in [2.45, 2.75) is 20.0 Å². The zero-order valence-electron chi connectivity index (χ0n) is 12.3. The Morgan fingerprint density at radius 2 is 2.05 bits per heavy atom. The number of carbonyl (C=O) groups excluding carboxylic acids is 1. The molecule has 1 heterocycles. The minimum absolute atomic E-state index is 0. The third-order valence-corrected chi connectivity index (χ3v) is 3.68. The van der Waals surface area contributed by atoms with Gasteiger partial charge in [0, 0.05) is 13.1 Å². The number of hydrogen-bond donors (Lipinski definition) is 1. The quantitative estimate of drug-likeness (QED) is 0.929. The number of rotatable bonds is 3. The lowest BCUT2D eigenvalue weighted by atomic mass is 9.91. The first-order valence-corrected chi connectivity index (χ1v) is 6.80. The van der Waals surface area contributed by atoms with Crippen molar-refractivity contribution in [2.75, 3.05) is 26.2 Å². The number of hydrogen-bond acceptors (Lipinski definition) is 3. The Labute approximate surface area is 130 Å². The van der Waals surface area contributed by atoms with Crippen molar-refractivity contribution in [1.29, 1.82) is 0 Å². The van der Waals surface area contributed by atoms with Crippen LogP contribution >= 0.6 is 12.4 Å². The molecule has 1 aliphatic rings. The molecular formula is C15H22ClFN2O2. The number of morpholine rings is 1. The molecule has 21 heavy (non-hydrogen) atoms. The first-order chi connectivity index (χ1) is 9.44. The minimum Gasteiger partial charge on any atom is -0.370 e. The van der Waals surface area contributed by atoms with Crippen molar-refractivity contribution in [2.24, 2.45) is 11.1 Å². The summed E-state index contributed by atoms with van der Waals surface area (Å²) in [6.45, 7) is 5.53. The molecule has 4 nitrogen and oxygen atoms in total. The van der Waals surface area contributed by atoms with Crippen LogP contribution in [-0.4, -0.2) is 37.0 Å². The van der Waals surface area contributed by atoms with Crippen LogP contribution in [-0.2, 0) is 9.53 Å². The van der Waals surface area contributed by atoms with Crippen molar-refractivity contribution < 1.29 is 13.9 Å². The third-order valence-electron chi connectivity index (χ3n) is 3.68. The molecule has 2 N–H and O–H groups in total. The zero-order valence-corrected chi connectivity index (χ0v) is 13.2. The van der Waals surface area contributed by atoms with Gasteiger partial charge in [-0.05, 0) is 31.5 Å². The van der Waals surface area contributed by atoms with Gasteiger partial charge in [0.15, 0.2) is 0 Å². The summed E-state index contributed by atoms with van der Waals surface area (Å²) in [5, 5.41) is 0. The second-order valence-electron chi connectivity index (χ2n) is 5.75. The van der Waals surface area contributed by atoms with Gasteiger partial charge in [-0.15, -0.1) is 12.4 Å². The fraction of sp³-hybridized carbons (Fsp3) is 0.533. The highest BCUT2D eigenvalue weighted by Gasteiger charge is 2.34. The van der Waals surface area contributed by atoms with E-state index in [1.807, 2.05) is 13.8 Å². The van der Waals surface area contributed by atoms with E-state index in [9.17, 15) is 9.18 Å². The Hall–Kier alpha value is -1.17. The van der Waals surface area contributed by atoms with Crippen LogP contribution < -0.4 is 5.73 Å². The second-order valence-corrected chi connectivity index (χ2v) is 5.75. The molecule has 0 bridgehead atoms. The van der Waals surface area contributed by atoms with Crippen LogP contribution in [0, 0.1) is 11.2 Å². The maximum Gasteiger partial charge on any atom is 0.229 e. The molecule has 0 aliphatic carbocycles. The molecule has 0 radical (unpaired) electrons. The van der Waals surface area contributed by atoms with Crippen molar-refractivity contribution in [1.82, 2.24) is 4.90 Å². The first-order valence-electron chi connectivity index (χ1n) is 6.80. The maximum absolute atomic E-state index is 12.9. The van der Waals surface area contributed by atoms with Crippen LogP contribution in [0.3, 0.4) is 0 Å². The van der Waals surface area contributed by atoms with Gasteiger partial charge in [-0.1, -0.05) is 12.1 Å². The van der Waals surface area contributed by atoms with Gasteiger partial charge in [-0.25, -0.2) is 4.39 Å². The molecule has 1 aromatic rings. The van der Waals surface area contributed by atoms with E-state index in [-0.39, 0.29) is 30.2 Å². The van der Waals surface area contributed by atoms with Crippen LogP contribution in [0.25, 0.3) is 0 Å². The van der Waals surface area contributed by atoms with Gasteiger partial charge in [0.05, 0.1) is 18.6 Å². The standard InChI is InChI=1S/C15H21FN2O2.ClH/c1-15(2,10-17)14(19)18-7-8-20-13(9-18)11-3-5-12(16)6-4-11;/h3-6,13H,7-10,17H2,1-2H3;1H. The van der Waals surface area contributed by atoms with Gasteiger partial charge < -0.3 is 15.4 Å². The lowest BCUT2D eigenvalue weighted by Gasteiger charge is -2.37. The van der Waals surface area contributed by atoms with Crippen LogP contribution in [0.15, 0.2) is 24.3 Å². The normalized spacial score (nSPS) is 19.0. The first kappa shape index (κ1) is 17.9. The van der Waals surface area contributed by atoms with Gasteiger partial charge in [0.1, 0.15) is 11.9 Å². The summed E-state index contributed by atoms with van der Waals surface area (Å²) >= 11 is 0. The minimum atomic E-state index is -0.565. The summed E-state index contributed by atoms with van der Waals surface area (Å²) in [5.41, 5.74) is 5.97. The smallest absolute Gasteiger partial charge is 0.229 e. The topological polar surface area (TPSA) is 55.6 Å². The predicted molar refractivity (Wildman–Crippen MR) is 81.8 cm³/mol. The molecule has 1 aliphatic heterocycles. The monoisotopic (exact) mass is 316 g/mol. The Kier molecular flexibility index (Phi) is 6.13. The summed E-state index contributed by atoms with van der Waals surface area (Å²) in [6.07, 6.45) is -0.207. The van der Waals surface area contributed by atoms with Gasteiger partial charge in [0.2, 0.25) is 5.91 Å². The number of ether oxygens (including phenoxy) is 1. The van der Waals surface area contributed by atoms with Crippen LogP contribution in [0.1, 0.15) is 25.5 Å². The van der Waals surface area contributed by atoms with E-state index < -0.39 is 5.41 Å². The summed E-state index contributed by atoms with van der Waals surface area (Å²) in [5.74, 6) is -0.239. The Morgan fingerprint density at radius 3 is 2.62 bits per heavy atom. The molecule has 0 aromatic heterocycles. The second kappa shape index (κ2) is 7.20.